The molecule has 0 saturated carbocycles. The smallest absolute Gasteiger partial charge is 0.263 e. The molecule has 0 spiro atoms. The van der Waals surface area contributed by atoms with Crippen LogP contribution in [0, 0.1) is 12.3 Å². The van der Waals surface area contributed by atoms with Gasteiger partial charge in [-0.25, -0.2) is 4.98 Å². The number of rotatable bonds is 3. The number of hydrogen-bond acceptors (Lipinski definition) is 4. The average Bonchev–Trinajstić information content (AvgIpc) is 2.44. The molecule has 0 aliphatic rings. The van der Waals surface area contributed by atoms with Crippen LogP contribution in [-0.4, -0.2) is 27.1 Å². The number of hydrogen-bond donors (Lipinski definition) is 2. The SMILES string of the molecule is C#CCNC(=O)Cn1cnc2c(O)c(Cl)cc(Cl)c2c1=O. The van der Waals surface area contributed by atoms with Crippen LogP contribution in [0.3, 0.4) is 0 Å². The van der Waals surface area contributed by atoms with Gasteiger partial charge in [0.15, 0.2) is 5.75 Å². The highest BCUT2D eigenvalue weighted by molar-refractivity contribution is 6.39. The number of phenols is 1. The molecule has 0 unspecified atom stereocenters. The Morgan fingerprint density at radius 1 is 1.48 bits per heavy atom. The molecule has 8 heteroatoms. The average molecular weight is 326 g/mol. The summed E-state index contributed by atoms with van der Waals surface area (Å²) in [5.74, 6) is 1.47. The molecule has 0 aliphatic carbocycles. The number of terminal acetylenes is 1. The number of phenolic OH excluding ortho intramolecular Hbond substituents is 1. The van der Waals surface area contributed by atoms with Crippen molar-refractivity contribution in [1.29, 1.82) is 0 Å². The zero-order valence-corrected chi connectivity index (χ0v) is 12.1. The number of carbonyl (C=O) groups is 1. The van der Waals surface area contributed by atoms with Gasteiger partial charge in [0.2, 0.25) is 5.91 Å². The first-order valence-corrected chi connectivity index (χ1v) is 6.47. The largest absolute Gasteiger partial charge is 0.504 e. The Balaban J connectivity index is 2.51. The fourth-order valence-electron chi connectivity index (χ4n) is 1.72. The molecular formula is C13H9Cl2N3O3. The lowest BCUT2D eigenvalue weighted by atomic mass is 10.2. The molecular weight excluding hydrogens is 317 g/mol. The molecule has 0 fully saturated rings. The van der Waals surface area contributed by atoms with Crippen LogP contribution >= 0.6 is 23.2 Å². The second kappa shape index (κ2) is 6.04. The van der Waals surface area contributed by atoms with Gasteiger partial charge in [-0.2, -0.15) is 0 Å². The molecule has 0 atom stereocenters. The summed E-state index contributed by atoms with van der Waals surface area (Å²) >= 11 is 11.7. The van der Waals surface area contributed by atoms with Gasteiger partial charge < -0.3 is 10.4 Å². The number of aromatic nitrogens is 2. The third-order valence-corrected chi connectivity index (χ3v) is 3.27. The maximum atomic E-state index is 12.3. The summed E-state index contributed by atoms with van der Waals surface area (Å²) in [5, 5.41) is 12.2. The minimum atomic E-state index is -0.562. The zero-order valence-electron chi connectivity index (χ0n) is 10.6. The first kappa shape index (κ1) is 15.2. The molecule has 1 aromatic heterocycles. The number of amides is 1. The lowest BCUT2D eigenvalue weighted by Gasteiger charge is -2.09. The Morgan fingerprint density at radius 3 is 2.86 bits per heavy atom. The van der Waals surface area contributed by atoms with E-state index >= 15 is 0 Å². The number of nitrogens with one attached hydrogen (secondary N) is 1. The van der Waals surface area contributed by atoms with E-state index in [4.69, 9.17) is 29.6 Å². The van der Waals surface area contributed by atoms with Crippen molar-refractivity contribution in [3.05, 3.63) is 32.8 Å². The van der Waals surface area contributed by atoms with Gasteiger partial charge in [-0.3, -0.25) is 14.2 Å². The first-order chi connectivity index (χ1) is 9.95. The van der Waals surface area contributed by atoms with Crippen molar-refractivity contribution in [3.63, 3.8) is 0 Å². The number of nitrogens with zero attached hydrogens (tertiary/aromatic N) is 2. The van der Waals surface area contributed by atoms with E-state index in [0.717, 1.165) is 10.9 Å². The second-order valence-electron chi connectivity index (χ2n) is 4.07. The van der Waals surface area contributed by atoms with E-state index in [-0.39, 0.29) is 39.8 Å². The van der Waals surface area contributed by atoms with Gasteiger partial charge in [0.05, 0.1) is 28.3 Å². The van der Waals surface area contributed by atoms with Crippen LogP contribution in [0.5, 0.6) is 5.75 Å². The lowest BCUT2D eigenvalue weighted by Crippen LogP contribution is -2.32. The molecule has 0 radical (unpaired) electrons. The standard InChI is InChI=1S/C13H9Cl2N3O3/c1-2-3-16-9(19)5-18-6-17-11-10(13(18)21)7(14)4-8(15)12(11)20/h1,4,6,20H,3,5H2,(H,16,19). The van der Waals surface area contributed by atoms with Gasteiger partial charge >= 0.3 is 0 Å². The van der Waals surface area contributed by atoms with E-state index in [0.29, 0.717) is 0 Å². The quantitative estimate of drug-likeness (QED) is 0.829. The molecule has 0 aliphatic heterocycles. The highest BCUT2D eigenvalue weighted by atomic mass is 35.5. The van der Waals surface area contributed by atoms with Gasteiger partial charge in [0.25, 0.3) is 5.56 Å². The maximum Gasteiger partial charge on any atom is 0.263 e. The van der Waals surface area contributed by atoms with Crippen LogP contribution in [-0.2, 0) is 11.3 Å². The molecule has 21 heavy (non-hydrogen) atoms. The van der Waals surface area contributed by atoms with E-state index < -0.39 is 11.5 Å². The van der Waals surface area contributed by atoms with Crippen LogP contribution in [0.4, 0.5) is 0 Å². The summed E-state index contributed by atoms with van der Waals surface area (Å²) < 4.78 is 1.06. The Hall–Kier alpha value is -2.23. The van der Waals surface area contributed by atoms with Crippen molar-refractivity contribution >= 4 is 40.0 Å². The molecule has 1 heterocycles. The monoisotopic (exact) mass is 325 g/mol. The van der Waals surface area contributed by atoms with Gasteiger partial charge in [0.1, 0.15) is 12.1 Å². The van der Waals surface area contributed by atoms with Gasteiger partial charge in [-0.1, -0.05) is 29.1 Å². The molecule has 1 amide bonds. The summed E-state index contributed by atoms with van der Waals surface area (Å²) in [7, 11) is 0. The Morgan fingerprint density at radius 2 is 2.19 bits per heavy atom. The van der Waals surface area contributed by atoms with Crippen molar-refractivity contribution in [3.8, 4) is 18.1 Å². The number of aromatic hydroxyl groups is 1. The molecule has 1 aromatic carbocycles. The van der Waals surface area contributed by atoms with Crippen molar-refractivity contribution in [1.82, 2.24) is 14.9 Å². The lowest BCUT2D eigenvalue weighted by molar-refractivity contribution is -0.121. The van der Waals surface area contributed by atoms with E-state index in [9.17, 15) is 14.7 Å². The second-order valence-corrected chi connectivity index (χ2v) is 4.89. The summed E-state index contributed by atoms with van der Waals surface area (Å²) in [6.07, 6.45) is 6.15. The Kier molecular flexibility index (Phi) is 4.36. The van der Waals surface area contributed by atoms with Crippen LogP contribution in [0.25, 0.3) is 10.9 Å². The zero-order chi connectivity index (χ0) is 15.6. The van der Waals surface area contributed by atoms with Gasteiger partial charge in [0, 0.05) is 0 Å². The minimum absolute atomic E-state index is 0.00850. The van der Waals surface area contributed by atoms with E-state index in [1.54, 1.807) is 0 Å². The van der Waals surface area contributed by atoms with E-state index in [1.807, 2.05) is 0 Å². The number of carbonyl (C=O) groups excluding carboxylic acids is 1. The predicted octanol–water partition coefficient (Wildman–Crippen LogP) is 1.16. The Bertz CT molecular complexity index is 824. The molecule has 0 saturated heterocycles. The third kappa shape index (κ3) is 2.94. The molecule has 2 rings (SSSR count). The predicted molar refractivity (Wildman–Crippen MR) is 79.5 cm³/mol. The molecule has 2 aromatic rings. The summed E-state index contributed by atoms with van der Waals surface area (Å²) in [6.45, 7) is -0.199. The summed E-state index contributed by atoms with van der Waals surface area (Å²) in [6, 6.07) is 1.24. The number of halogens is 2. The van der Waals surface area contributed by atoms with E-state index in [2.05, 4.69) is 16.2 Å². The highest BCUT2D eigenvalue weighted by Gasteiger charge is 2.16. The topological polar surface area (TPSA) is 84.2 Å². The minimum Gasteiger partial charge on any atom is -0.504 e. The van der Waals surface area contributed by atoms with Gasteiger partial charge in [-0.15, -0.1) is 6.42 Å². The first-order valence-electron chi connectivity index (χ1n) is 5.72. The van der Waals surface area contributed by atoms with Crippen molar-refractivity contribution in [2.24, 2.45) is 0 Å². The molecule has 0 bridgehead atoms. The van der Waals surface area contributed by atoms with E-state index in [1.165, 1.54) is 6.07 Å². The number of benzene rings is 1. The van der Waals surface area contributed by atoms with Crippen LogP contribution in [0.15, 0.2) is 17.2 Å². The molecule has 2 N–H and O–H groups in total. The highest BCUT2D eigenvalue weighted by Crippen LogP contribution is 2.34. The maximum absolute atomic E-state index is 12.3. The molecule has 6 nitrogen and oxygen atoms in total. The van der Waals surface area contributed by atoms with Crippen molar-refractivity contribution < 1.29 is 9.90 Å². The van der Waals surface area contributed by atoms with Crippen LogP contribution < -0.4 is 10.9 Å². The molecule has 108 valence electrons. The van der Waals surface area contributed by atoms with Crippen molar-refractivity contribution in [2.75, 3.05) is 6.54 Å². The Labute approximate surface area is 129 Å². The van der Waals surface area contributed by atoms with Crippen LogP contribution in [0.2, 0.25) is 10.0 Å². The summed E-state index contributed by atoms with van der Waals surface area (Å²) in [4.78, 5) is 27.8. The third-order valence-electron chi connectivity index (χ3n) is 2.68. The van der Waals surface area contributed by atoms with Crippen LogP contribution in [0.1, 0.15) is 0 Å². The normalized spacial score (nSPS) is 10.3. The van der Waals surface area contributed by atoms with Gasteiger partial charge in [-0.05, 0) is 6.07 Å². The fourth-order valence-corrected chi connectivity index (χ4v) is 2.26. The number of fused-ring (bicyclic) bond motifs is 1. The fraction of sp³-hybridized carbons (Fsp3) is 0.154. The summed E-state index contributed by atoms with van der Waals surface area (Å²) in [5.41, 5.74) is -0.578. The van der Waals surface area contributed by atoms with Crippen molar-refractivity contribution in [2.45, 2.75) is 6.54 Å².